The van der Waals surface area contributed by atoms with E-state index in [0.29, 0.717) is 12.2 Å². The van der Waals surface area contributed by atoms with Crippen molar-refractivity contribution in [3.8, 4) is 5.75 Å². The average Bonchev–Trinajstić information content (AvgIpc) is 2.77. The fraction of sp³-hybridized carbons (Fsp3) is 0.385. The van der Waals surface area contributed by atoms with Gasteiger partial charge in [-0.1, -0.05) is 18.2 Å². The molecule has 18 heavy (non-hydrogen) atoms. The lowest BCUT2D eigenvalue weighted by Crippen LogP contribution is -2.19. The summed E-state index contributed by atoms with van der Waals surface area (Å²) in [5, 5.41) is 28.0. The van der Waals surface area contributed by atoms with Crippen LogP contribution >= 0.6 is 0 Å². The van der Waals surface area contributed by atoms with Crippen LogP contribution in [0, 0.1) is 0 Å². The van der Waals surface area contributed by atoms with Crippen LogP contribution in [0.4, 0.5) is 0 Å². The fourth-order valence-corrected chi connectivity index (χ4v) is 2.40. The van der Waals surface area contributed by atoms with E-state index in [-0.39, 0.29) is 5.75 Å². The van der Waals surface area contributed by atoms with Gasteiger partial charge in [-0.05, 0) is 18.9 Å². The molecule has 2 aromatic rings. The maximum atomic E-state index is 10.00. The van der Waals surface area contributed by atoms with Crippen LogP contribution in [-0.2, 0) is 12.8 Å². The van der Waals surface area contributed by atoms with Gasteiger partial charge in [0.2, 0.25) is 0 Å². The Labute approximate surface area is 105 Å². The van der Waals surface area contributed by atoms with Crippen molar-refractivity contribution < 1.29 is 10.2 Å². The van der Waals surface area contributed by atoms with Gasteiger partial charge in [-0.2, -0.15) is 0 Å². The Morgan fingerprint density at radius 3 is 2.94 bits per heavy atom. The third-order valence-electron chi connectivity index (χ3n) is 3.34. The predicted octanol–water partition coefficient (Wildman–Crippen LogP) is 1.40. The molecule has 1 aliphatic heterocycles. The first-order valence-electron chi connectivity index (χ1n) is 6.13. The minimum absolute atomic E-state index is 0.250. The summed E-state index contributed by atoms with van der Waals surface area (Å²) in [5.74, 6) is 1.79. The maximum Gasteiger partial charge on any atom is 0.139 e. The number of aryl methyl sites for hydroxylation is 1. The molecule has 0 amide bonds. The molecule has 1 atom stereocenters. The lowest BCUT2D eigenvalue weighted by atomic mass is 10.1. The van der Waals surface area contributed by atoms with Crippen LogP contribution in [0.1, 0.15) is 36.3 Å². The second-order valence-electron chi connectivity index (χ2n) is 4.58. The molecular formula is C13H15N3O2. The molecule has 0 spiro atoms. The SMILES string of the molecule is Oc1ccccc1Cc1nnc2n1C(O)CCC2. The van der Waals surface area contributed by atoms with Crippen LogP contribution in [0.25, 0.3) is 0 Å². The molecule has 94 valence electrons. The van der Waals surface area contributed by atoms with E-state index >= 15 is 0 Å². The van der Waals surface area contributed by atoms with Gasteiger partial charge < -0.3 is 10.2 Å². The third kappa shape index (κ3) is 1.86. The molecule has 1 aliphatic rings. The fourth-order valence-electron chi connectivity index (χ4n) is 2.40. The van der Waals surface area contributed by atoms with Crippen molar-refractivity contribution in [2.75, 3.05) is 0 Å². The van der Waals surface area contributed by atoms with Crippen molar-refractivity contribution >= 4 is 0 Å². The monoisotopic (exact) mass is 245 g/mol. The highest BCUT2D eigenvalue weighted by Crippen LogP contribution is 2.25. The first-order chi connectivity index (χ1) is 8.75. The topological polar surface area (TPSA) is 71.2 Å². The first-order valence-corrected chi connectivity index (χ1v) is 6.13. The number of fused-ring (bicyclic) bond motifs is 1. The second-order valence-corrected chi connectivity index (χ2v) is 4.58. The molecule has 3 rings (SSSR count). The number of benzene rings is 1. The van der Waals surface area contributed by atoms with E-state index in [0.717, 1.165) is 30.7 Å². The van der Waals surface area contributed by atoms with Crippen LogP contribution in [0.5, 0.6) is 5.75 Å². The number of para-hydroxylation sites is 1. The lowest BCUT2D eigenvalue weighted by molar-refractivity contribution is 0.0752. The number of rotatable bonds is 2. The number of hydrogen-bond acceptors (Lipinski definition) is 4. The van der Waals surface area contributed by atoms with Gasteiger partial charge in [-0.25, -0.2) is 0 Å². The highest BCUT2D eigenvalue weighted by Gasteiger charge is 2.23. The van der Waals surface area contributed by atoms with E-state index in [1.165, 1.54) is 0 Å². The summed E-state index contributed by atoms with van der Waals surface area (Å²) < 4.78 is 1.79. The standard InChI is InChI=1S/C13H15N3O2/c17-10-5-2-1-4-9(10)8-12-15-14-11-6-3-7-13(18)16(11)12/h1-2,4-5,13,17-18H,3,6-8H2. The van der Waals surface area contributed by atoms with Crippen LogP contribution in [0.3, 0.4) is 0 Å². The third-order valence-corrected chi connectivity index (χ3v) is 3.34. The van der Waals surface area contributed by atoms with E-state index in [1.807, 2.05) is 12.1 Å². The Bertz CT molecular complexity index is 565. The van der Waals surface area contributed by atoms with E-state index in [9.17, 15) is 10.2 Å². The molecule has 0 fully saturated rings. The summed E-state index contributed by atoms with van der Waals surface area (Å²) in [4.78, 5) is 0. The predicted molar refractivity (Wildman–Crippen MR) is 65.1 cm³/mol. The van der Waals surface area contributed by atoms with Crippen molar-refractivity contribution in [1.82, 2.24) is 14.8 Å². The summed E-state index contributed by atoms with van der Waals surface area (Å²) in [5.41, 5.74) is 0.797. The zero-order valence-electron chi connectivity index (χ0n) is 9.95. The number of nitrogens with zero attached hydrogens (tertiary/aromatic N) is 3. The van der Waals surface area contributed by atoms with E-state index in [1.54, 1.807) is 16.7 Å². The number of hydrogen-bond donors (Lipinski definition) is 2. The molecule has 1 aromatic carbocycles. The largest absolute Gasteiger partial charge is 0.508 e. The highest BCUT2D eigenvalue weighted by atomic mass is 16.3. The van der Waals surface area contributed by atoms with Gasteiger partial charge in [-0.3, -0.25) is 4.57 Å². The second kappa shape index (κ2) is 4.42. The molecule has 0 saturated carbocycles. The molecule has 0 bridgehead atoms. The zero-order valence-corrected chi connectivity index (χ0v) is 9.95. The molecule has 0 aliphatic carbocycles. The van der Waals surface area contributed by atoms with Gasteiger partial charge in [0.15, 0.2) is 0 Å². The summed E-state index contributed by atoms with van der Waals surface area (Å²) in [6, 6.07) is 7.16. The van der Waals surface area contributed by atoms with Crippen molar-refractivity contribution in [2.24, 2.45) is 0 Å². The summed E-state index contributed by atoms with van der Waals surface area (Å²) in [6.07, 6.45) is 2.47. The zero-order chi connectivity index (χ0) is 12.5. The molecule has 1 unspecified atom stereocenters. The summed E-state index contributed by atoms with van der Waals surface area (Å²) >= 11 is 0. The molecule has 2 heterocycles. The minimum Gasteiger partial charge on any atom is -0.508 e. The van der Waals surface area contributed by atoms with Crippen molar-refractivity contribution in [1.29, 1.82) is 0 Å². The highest BCUT2D eigenvalue weighted by molar-refractivity contribution is 5.34. The molecule has 1 aromatic heterocycles. The summed E-state index contributed by atoms with van der Waals surface area (Å²) in [6.45, 7) is 0. The van der Waals surface area contributed by atoms with Crippen LogP contribution < -0.4 is 0 Å². The molecule has 2 N–H and O–H groups in total. The van der Waals surface area contributed by atoms with E-state index in [4.69, 9.17) is 0 Å². The van der Waals surface area contributed by atoms with Gasteiger partial charge in [-0.15, -0.1) is 10.2 Å². The Balaban J connectivity index is 1.95. The van der Waals surface area contributed by atoms with Gasteiger partial charge in [0, 0.05) is 18.4 Å². The summed E-state index contributed by atoms with van der Waals surface area (Å²) in [7, 11) is 0. The molecule has 5 heteroatoms. The lowest BCUT2D eigenvalue weighted by Gasteiger charge is -2.21. The molecule has 0 saturated heterocycles. The molecular weight excluding hydrogens is 230 g/mol. The maximum absolute atomic E-state index is 10.00. The quantitative estimate of drug-likeness (QED) is 0.839. The number of phenolic OH excluding ortho intramolecular Hbond substituents is 1. The Kier molecular flexibility index (Phi) is 2.76. The Hall–Kier alpha value is -1.88. The number of aliphatic hydroxyl groups excluding tert-OH is 1. The number of aromatic hydroxyl groups is 1. The van der Waals surface area contributed by atoms with Gasteiger partial charge >= 0.3 is 0 Å². The van der Waals surface area contributed by atoms with Crippen molar-refractivity contribution in [3.05, 3.63) is 41.5 Å². The van der Waals surface area contributed by atoms with E-state index in [2.05, 4.69) is 10.2 Å². The van der Waals surface area contributed by atoms with Crippen LogP contribution in [0.15, 0.2) is 24.3 Å². The van der Waals surface area contributed by atoms with Gasteiger partial charge in [0.25, 0.3) is 0 Å². The minimum atomic E-state index is -0.537. The Morgan fingerprint density at radius 1 is 1.28 bits per heavy atom. The molecule has 0 radical (unpaired) electrons. The van der Waals surface area contributed by atoms with Gasteiger partial charge in [0.05, 0.1) is 0 Å². The van der Waals surface area contributed by atoms with E-state index < -0.39 is 6.23 Å². The van der Waals surface area contributed by atoms with Crippen molar-refractivity contribution in [2.45, 2.75) is 31.9 Å². The molecule has 5 nitrogen and oxygen atoms in total. The number of aromatic nitrogens is 3. The van der Waals surface area contributed by atoms with Crippen molar-refractivity contribution in [3.63, 3.8) is 0 Å². The number of aliphatic hydroxyl groups is 1. The normalized spacial score (nSPS) is 18.6. The average molecular weight is 245 g/mol. The van der Waals surface area contributed by atoms with Gasteiger partial charge in [0.1, 0.15) is 23.6 Å². The smallest absolute Gasteiger partial charge is 0.139 e. The van der Waals surface area contributed by atoms with Crippen LogP contribution in [-0.4, -0.2) is 25.0 Å². The Morgan fingerprint density at radius 2 is 2.11 bits per heavy atom. The van der Waals surface area contributed by atoms with Crippen LogP contribution in [0.2, 0.25) is 0 Å². The first kappa shape index (κ1) is 11.2. The number of phenols is 1.